The molecule has 1 aliphatic rings. The number of anilines is 2. The lowest BCUT2D eigenvalue weighted by Crippen LogP contribution is -2.37. The number of fused-ring (bicyclic) bond motifs is 1. The Labute approximate surface area is 218 Å². The normalized spacial score (nSPS) is 13.6. The lowest BCUT2D eigenvalue weighted by molar-refractivity contribution is 0.102. The fraction of sp³-hybridized carbons (Fsp3) is 0.222. The second kappa shape index (κ2) is 10.3. The van der Waals surface area contributed by atoms with Gasteiger partial charge in [0.2, 0.25) is 0 Å². The molecule has 0 bridgehead atoms. The minimum atomic E-state index is -0.175. The second-order valence-corrected chi connectivity index (χ2v) is 9.07. The van der Waals surface area contributed by atoms with Crippen molar-refractivity contribution in [1.82, 2.24) is 4.98 Å². The van der Waals surface area contributed by atoms with Gasteiger partial charge in [-0.05, 0) is 23.8 Å². The highest BCUT2D eigenvalue weighted by Crippen LogP contribution is 2.46. The maximum atomic E-state index is 13.3. The average Bonchev–Trinajstić information content (AvgIpc) is 3.31. The maximum absolute atomic E-state index is 13.3. The molecule has 3 aromatic carbocycles. The topological polar surface area (TPSA) is 75.8 Å². The standard InChI is InChI=1S/C27H25Cl2N3O4/c1-34-22-14-23(35-2)26(29)24(25(22)28)16-7-8-17-19(13-16)30-15-20(17)31-27(33)18-5-3-4-6-21(18)32-9-11-36-12-10-32/h3-8,13-15,30H,9-12H2,1-2H3,(H,31,33). The van der Waals surface area contributed by atoms with Crippen LogP contribution >= 0.6 is 23.2 Å². The van der Waals surface area contributed by atoms with Gasteiger partial charge in [0.1, 0.15) is 11.5 Å². The van der Waals surface area contributed by atoms with E-state index in [0.717, 1.165) is 35.2 Å². The Morgan fingerprint density at radius 3 is 2.39 bits per heavy atom. The fourth-order valence-corrected chi connectivity index (χ4v) is 5.18. The molecule has 2 N–H and O–H groups in total. The molecule has 0 atom stereocenters. The first-order valence-corrected chi connectivity index (χ1v) is 12.2. The van der Waals surface area contributed by atoms with Crippen LogP contribution in [0.1, 0.15) is 10.4 Å². The summed E-state index contributed by atoms with van der Waals surface area (Å²) in [4.78, 5) is 18.7. The number of aromatic nitrogens is 1. The predicted molar refractivity (Wildman–Crippen MR) is 144 cm³/mol. The number of morpholine rings is 1. The number of aromatic amines is 1. The van der Waals surface area contributed by atoms with E-state index in [9.17, 15) is 4.79 Å². The zero-order chi connectivity index (χ0) is 25.2. The number of rotatable bonds is 6. The molecule has 36 heavy (non-hydrogen) atoms. The molecule has 1 saturated heterocycles. The lowest BCUT2D eigenvalue weighted by atomic mass is 10.0. The van der Waals surface area contributed by atoms with Gasteiger partial charge in [-0.25, -0.2) is 0 Å². The summed E-state index contributed by atoms with van der Waals surface area (Å²) >= 11 is 13.2. The van der Waals surface area contributed by atoms with Crippen molar-refractivity contribution in [2.24, 2.45) is 0 Å². The number of H-pyrrole nitrogens is 1. The third kappa shape index (κ3) is 4.46. The Balaban J connectivity index is 1.47. The van der Waals surface area contributed by atoms with Gasteiger partial charge < -0.3 is 29.4 Å². The summed E-state index contributed by atoms with van der Waals surface area (Å²) in [6.45, 7) is 2.79. The number of nitrogens with zero attached hydrogens (tertiary/aromatic N) is 1. The van der Waals surface area contributed by atoms with E-state index in [4.69, 9.17) is 37.4 Å². The largest absolute Gasteiger partial charge is 0.495 e. The number of hydrogen-bond donors (Lipinski definition) is 2. The summed E-state index contributed by atoms with van der Waals surface area (Å²) in [5, 5.41) is 4.70. The first-order valence-electron chi connectivity index (χ1n) is 11.5. The van der Waals surface area contributed by atoms with Crippen molar-refractivity contribution in [1.29, 1.82) is 0 Å². The smallest absolute Gasteiger partial charge is 0.257 e. The van der Waals surface area contributed by atoms with Crippen LogP contribution in [0.5, 0.6) is 11.5 Å². The van der Waals surface area contributed by atoms with Crippen LogP contribution in [0, 0.1) is 0 Å². The van der Waals surface area contributed by atoms with Gasteiger partial charge in [0.05, 0.1) is 48.7 Å². The Kier molecular flexibility index (Phi) is 6.96. The van der Waals surface area contributed by atoms with Crippen molar-refractivity contribution in [2.75, 3.05) is 50.7 Å². The second-order valence-electron chi connectivity index (χ2n) is 8.32. The summed E-state index contributed by atoms with van der Waals surface area (Å²) in [6, 6.07) is 15.0. The number of carbonyl (C=O) groups excluding carboxylic acids is 1. The van der Waals surface area contributed by atoms with Crippen LogP contribution in [0.2, 0.25) is 10.0 Å². The van der Waals surface area contributed by atoms with E-state index in [1.54, 1.807) is 26.5 Å². The molecule has 0 spiro atoms. The quantitative estimate of drug-likeness (QED) is 0.311. The van der Waals surface area contributed by atoms with E-state index in [1.165, 1.54) is 0 Å². The lowest BCUT2D eigenvalue weighted by Gasteiger charge is -2.30. The van der Waals surface area contributed by atoms with Gasteiger partial charge in [-0.2, -0.15) is 0 Å². The number of nitrogens with one attached hydrogen (secondary N) is 2. The molecule has 0 saturated carbocycles. The number of carbonyl (C=O) groups is 1. The van der Waals surface area contributed by atoms with Crippen molar-refractivity contribution in [3.63, 3.8) is 0 Å². The van der Waals surface area contributed by atoms with Crippen LogP contribution in [0.25, 0.3) is 22.0 Å². The SMILES string of the molecule is COc1cc(OC)c(Cl)c(-c2ccc3c(NC(=O)c4ccccc4N4CCOCC4)c[nH]c3c2)c1Cl. The summed E-state index contributed by atoms with van der Waals surface area (Å²) < 4.78 is 16.3. The maximum Gasteiger partial charge on any atom is 0.257 e. The third-order valence-corrected chi connectivity index (χ3v) is 7.04. The highest BCUT2D eigenvalue weighted by atomic mass is 35.5. The number of ether oxygens (including phenoxy) is 3. The van der Waals surface area contributed by atoms with Crippen molar-refractivity contribution < 1.29 is 19.0 Å². The van der Waals surface area contributed by atoms with Gasteiger partial charge in [-0.15, -0.1) is 0 Å². The molecule has 4 aromatic rings. The summed E-state index contributed by atoms with van der Waals surface area (Å²) in [5.41, 5.74) is 4.41. The van der Waals surface area contributed by atoms with E-state index in [2.05, 4.69) is 15.2 Å². The fourth-order valence-electron chi connectivity index (χ4n) is 4.46. The third-order valence-electron chi connectivity index (χ3n) is 6.29. The molecule has 7 nitrogen and oxygen atoms in total. The molecule has 1 fully saturated rings. The molecule has 186 valence electrons. The molecular formula is C27H25Cl2N3O4. The average molecular weight is 526 g/mol. The van der Waals surface area contributed by atoms with Crippen LogP contribution in [0.15, 0.2) is 54.7 Å². The minimum absolute atomic E-state index is 0.175. The number of amides is 1. The predicted octanol–water partition coefficient (Wildman–Crippen LogP) is 6.25. The first-order chi connectivity index (χ1) is 17.5. The number of para-hydroxylation sites is 1. The number of benzene rings is 3. The molecule has 1 amide bonds. The zero-order valence-electron chi connectivity index (χ0n) is 19.9. The van der Waals surface area contributed by atoms with Gasteiger partial charge in [0.25, 0.3) is 5.91 Å². The van der Waals surface area contributed by atoms with Crippen LogP contribution < -0.4 is 19.7 Å². The van der Waals surface area contributed by atoms with Crippen LogP contribution in [0.3, 0.4) is 0 Å². The Hall–Kier alpha value is -3.39. The molecule has 9 heteroatoms. The Morgan fingerprint density at radius 1 is 1.00 bits per heavy atom. The highest BCUT2D eigenvalue weighted by molar-refractivity contribution is 6.41. The number of halogens is 2. The van der Waals surface area contributed by atoms with Gasteiger partial charge in [0, 0.05) is 47.5 Å². The van der Waals surface area contributed by atoms with E-state index in [1.807, 2.05) is 42.5 Å². The van der Waals surface area contributed by atoms with Crippen LogP contribution in [0.4, 0.5) is 11.4 Å². The Morgan fingerprint density at radius 2 is 1.69 bits per heavy atom. The van der Waals surface area contributed by atoms with Gasteiger partial charge >= 0.3 is 0 Å². The molecule has 2 heterocycles. The van der Waals surface area contributed by atoms with Gasteiger partial charge in [-0.1, -0.05) is 47.5 Å². The van der Waals surface area contributed by atoms with Gasteiger partial charge in [0.15, 0.2) is 0 Å². The molecule has 0 radical (unpaired) electrons. The van der Waals surface area contributed by atoms with Crippen LogP contribution in [-0.2, 0) is 4.74 Å². The molecule has 1 aromatic heterocycles. The molecule has 0 aliphatic carbocycles. The van der Waals surface area contributed by atoms with E-state index >= 15 is 0 Å². The number of methoxy groups -OCH3 is 2. The van der Waals surface area contributed by atoms with E-state index in [0.29, 0.717) is 51.6 Å². The van der Waals surface area contributed by atoms with E-state index < -0.39 is 0 Å². The highest BCUT2D eigenvalue weighted by Gasteiger charge is 2.21. The van der Waals surface area contributed by atoms with Crippen molar-refractivity contribution in [3.8, 4) is 22.6 Å². The summed E-state index contributed by atoms with van der Waals surface area (Å²) in [6.07, 6.45) is 1.78. The Bertz CT molecular complexity index is 1400. The zero-order valence-corrected chi connectivity index (χ0v) is 21.4. The van der Waals surface area contributed by atoms with Crippen molar-refractivity contribution in [2.45, 2.75) is 0 Å². The summed E-state index contributed by atoms with van der Waals surface area (Å²) in [7, 11) is 3.08. The van der Waals surface area contributed by atoms with E-state index in [-0.39, 0.29) is 5.91 Å². The minimum Gasteiger partial charge on any atom is -0.495 e. The van der Waals surface area contributed by atoms with Crippen molar-refractivity contribution in [3.05, 3.63) is 70.3 Å². The summed E-state index contributed by atoms with van der Waals surface area (Å²) in [5.74, 6) is 0.753. The molecular weight excluding hydrogens is 501 g/mol. The molecule has 0 unspecified atom stereocenters. The van der Waals surface area contributed by atoms with Crippen LogP contribution in [-0.4, -0.2) is 51.4 Å². The number of hydrogen-bond acceptors (Lipinski definition) is 5. The first kappa shape index (κ1) is 24.3. The molecule has 1 aliphatic heterocycles. The molecule has 5 rings (SSSR count). The van der Waals surface area contributed by atoms with Gasteiger partial charge in [-0.3, -0.25) is 4.79 Å². The monoisotopic (exact) mass is 525 g/mol. The van der Waals surface area contributed by atoms with Crippen molar-refractivity contribution >= 4 is 51.4 Å².